The molecule has 0 bridgehead atoms. The van der Waals surface area contributed by atoms with E-state index in [2.05, 4.69) is 44.4 Å². The van der Waals surface area contributed by atoms with Crippen molar-refractivity contribution in [1.29, 1.82) is 0 Å². The van der Waals surface area contributed by atoms with E-state index in [4.69, 9.17) is 9.47 Å². The van der Waals surface area contributed by atoms with E-state index in [9.17, 15) is 14.7 Å². The molecule has 6 nitrogen and oxygen atoms in total. The molecule has 33 heavy (non-hydrogen) atoms. The van der Waals surface area contributed by atoms with Crippen LogP contribution in [0.4, 0.5) is 0 Å². The third kappa shape index (κ3) is 4.61. The first-order valence-electron chi connectivity index (χ1n) is 11.0. The van der Waals surface area contributed by atoms with Gasteiger partial charge in [-0.2, -0.15) is 11.3 Å². The largest absolute Gasteiger partial charge is 0.493 e. The maximum Gasteiger partial charge on any atom is 0.341 e. The first-order valence-corrected chi connectivity index (χ1v) is 12.0. The Labute approximate surface area is 197 Å². The number of methoxy groups -OCH3 is 1. The Kier molecular flexibility index (Phi) is 6.45. The fraction of sp³-hybridized carbons (Fsp3) is 0.385. The van der Waals surface area contributed by atoms with Crippen LogP contribution in [0.5, 0.6) is 5.75 Å². The number of carbonyl (C=O) groups is 1. The zero-order valence-electron chi connectivity index (χ0n) is 19.4. The van der Waals surface area contributed by atoms with Gasteiger partial charge in [0.25, 0.3) is 0 Å². The number of fused-ring (bicyclic) bond motifs is 3. The van der Waals surface area contributed by atoms with Crippen molar-refractivity contribution in [2.75, 3.05) is 20.3 Å². The molecular formula is C26H29NO5S. The molecule has 3 heterocycles. The molecule has 0 amide bonds. The number of nitrogens with zero attached hydrogens (tertiary/aromatic N) is 1. The first kappa shape index (κ1) is 23.3. The zero-order valence-corrected chi connectivity index (χ0v) is 20.2. The van der Waals surface area contributed by atoms with Gasteiger partial charge in [-0.1, -0.05) is 20.8 Å². The summed E-state index contributed by atoms with van der Waals surface area (Å²) in [6.07, 6.45) is 3.02. The fourth-order valence-corrected chi connectivity index (χ4v) is 5.05. The van der Waals surface area contributed by atoms with Crippen LogP contribution in [0.1, 0.15) is 49.2 Å². The summed E-state index contributed by atoms with van der Waals surface area (Å²) in [6.45, 7) is 7.57. The molecule has 2 aromatic heterocycles. The molecule has 1 N–H and O–H groups in total. The molecule has 1 aliphatic heterocycles. The minimum atomic E-state index is -1.20. The molecule has 1 atom stereocenters. The Hall–Kier alpha value is -2.90. The molecule has 0 radical (unpaired) electrons. The summed E-state index contributed by atoms with van der Waals surface area (Å²) < 4.78 is 13.3. The average Bonchev–Trinajstić information content (AvgIpc) is 3.29. The number of benzene rings is 1. The van der Waals surface area contributed by atoms with E-state index in [-0.39, 0.29) is 17.0 Å². The molecule has 3 aromatic rings. The number of rotatable bonds is 7. The molecule has 4 rings (SSSR count). The lowest BCUT2D eigenvalue weighted by Crippen LogP contribution is -2.32. The number of carboxylic acid groups (broad SMARTS) is 1. The Balaban J connectivity index is 1.90. The molecule has 0 aliphatic carbocycles. The standard InChI is InChI=1S/C26H29NO5S/c1-26(2,3)24-11-17-10-23(32-8-5-7-31-4)19(16-6-9-33-15-16)12-18(17)21-13-22(28)20(25(29)30)14-27(21)24/h6,9-10,12-15,24H,5,7-8,11H2,1-4H3,(H,29,30). The molecule has 0 saturated carbocycles. The van der Waals surface area contributed by atoms with Crippen molar-refractivity contribution >= 4 is 17.3 Å². The number of hydrogen-bond donors (Lipinski definition) is 1. The molecule has 1 unspecified atom stereocenters. The number of pyridine rings is 1. The van der Waals surface area contributed by atoms with Crippen LogP contribution in [0.25, 0.3) is 22.4 Å². The summed E-state index contributed by atoms with van der Waals surface area (Å²) in [7, 11) is 1.68. The molecular weight excluding hydrogens is 438 g/mol. The maximum absolute atomic E-state index is 12.7. The predicted octanol–water partition coefficient (Wildman–Crippen LogP) is 5.50. The van der Waals surface area contributed by atoms with E-state index in [1.54, 1.807) is 18.4 Å². The Morgan fingerprint density at radius 2 is 2.00 bits per heavy atom. The van der Waals surface area contributed by atoms with Crippen LogP contribution < -0.4 is 10.2 Å². The second kappa shape index (κ2) is 9.15. The van der Waals surface area contributed by atoms with Gasteiger partial charge in [0.2, 0.25) is 0 Å². The van der Waals surface area contributed by atoms with Crippen molar-refractivity contribution in [3.63, 3.8) is 0 Å². The van der Waals surface area contributed by atoms with E-state index < -0.39 is 11.4 Å². The maximum atomic E-state index is 12.7. The van der Waals surface area contributed by atoms with E-state index in [1.807, 2.05) is 9.95 Å². The van der Waals surface area contributed by atoms with Crippen LogP contribution in [0.2, 0.25) is 0 Å². The van der Waals surface area contributed by atoms with Gasteiger partial charge in [0, 0.05) is 49.6 Å². The second-order valence-electron chi connectivity index (χ2n) is 9.45. The molecule has 7 heteroatoms. The molecule has 174 valence electrons. The zero-order chi connectivity index (χ0) is 23.8. The summed E-state index contributed by atoms with van der Waals surface area (Å²) in [6, 6.07) is 7.68. The number of thiophene rings is 1. The van der Waals surface area contributed by atoms with E-state index >= 15 is 0 Å². The molecule has 0 spiro atoms. The van der Waals surface area contributed by atoms with Crippen LogP contribution in [0.15, 0.2) is 46.0 Å². The monoisotopic (exact) mass is 467 g/mol. The molecule has 1 aromatic carbocycles. The smallest absolute Gasteiger partial charge is 0.341 e. The van der Waals surface area contributed by atoms with Gasteiger partial charge in [0.15, 0.2) is 5.43 Å². The number of aromatic carboxylic acids is 1. The highest BCUT2D eigenvalue weighted by Gasteiger charge is 2.34. The summed E-state index contributed by atoms with van der Waals surface area (Å²) in [5, 5.41) is 13.6. The van der Waals surface area contributed by atoms with Crippen LogP contribution in [-0.4, -0.2) is 36.0 Å². The summed E-state index contributed by atoms with van der Waals surface area (Å²) in [5.41, 5.74) is 3.96. The van der Waals surface area contributed by atoms with Gasteiger partial charge in [-0.25, -0.2) is 4.79 Å². The number of aromatic nitrogens is 1. The lowest BCUT2D eigenvalue weighted by Gasteiger charge is -2.39. The van der Waals surface area contributed by atoms with Gasteiger partial charge in [0.05, 0.1) is 12.3 Å². The predicted molar refractivity (Wildman–Crippen MR) is 131 cm³/mol. The van der Waals surface area contributed by atoms with Gasteiger partial charge in [0.1, 0.15) is 11.3 Å². The minimum absolute atomic E-state index is 0.00737. The van der Waals surface area contributed by atoms with Crippen molar-refractivity contribution in [3.05, 3.63) is 62.6 Å². The highest BCUT2D eigenvalue weighted by molar-refractivity contribution is 7.08. The van der Waals surface area contributed by atoms with Crippen LogP contribution >= 0.6 is 11.3 Å². The van der Waals surface area contributed by atoms with Crippen LogP contribution in [-0.2, 0) is 11.2 Å². The van der Waals surface area contributed by atoms with Gasteiger partial charge < -0.3 is 19.1 Å². The van der Waals surface area contributed by atoms with E-state index in [1.165, 1.54) is 12.3 Å². The number of ether oxygens (including phenoxy) is 2. The molecule has 0 saturated heterocycles. The Bertz CT molecular complexity index is 1220. The van der Waals surface area contributed by atoms with Gasteiger partial charge >= 0.3 is 5.97 Å². The second-order valence-corrected chi connectivity index (χ2v) is 10.2. The normalized spacial score (nSPS) is 15.1. The van der Waals surface area contributed by atoms with E-state index in [0.29, 0.717) is 19.6 Å². The lowest BCUT2D eigenvalue weighted by molar-refractivity contribution is 0.0693. The summed E-state index contributed by atoms with van der Waals surface area (Å²) in [5.74, 6) is -0.388. The third-order valence-electron chi connectivity index (χ3n) is 6.12. The minimum Gasteiger partial charge on any atom is -0.493 e. The van der Waals surface area contributed by atoms with Crippen LogP contribution in [0, 0.1) is 5.41 Å². The Morgan fingerprint density at radius 1 is 1.21 bits per heavy atom. The first-order chi connectivity index (χ1) is 15.7. The number of carboxylic acids is 1. The summed E-state index contributed by atoms with van der Waals surface area (Å²) in [4.78, 5) is 24.3. The van der Waals surface area contributed by atoms with Gasteiger partial charge in [-0.15, -0.1) is 0 Å². The van der Waals surface area contributed by atoms with Crippen molar-refractivity contribution in [1.82, 2.24) is 4.57 Å². The Morgan fingerprint density at radius 3 is 2.64 bits per heavy atom. The van der Waals surface area contributed by atoms with Crippen LogP contribution in [0.3, 0.4) is 0 Å². The van der Waals surface area contributed by atoms with Gasteiger partial charge in [-0.05, 0) is 51.9 Å². The summed E-state index contributed by atoms with van der Waals surface area (Å²) >= 11 is 1.61. The van der Waals surface area contributed by atoms with Crippen molar-refractivity contribution in [3.8, 4) is 28.1 Å². The fourth-order valence-electron chi connectivity index (χ4n) is 4.39. The lowest BCUT2D eigenvalue weighted by atomic mass is 9.78. The van der Waals surface area contributed by atoms with Crippen molar-refractivity contribution < 1.29 is 19.4 Å². The third-order valence-corrected chi connectivity index (χ3v) is 6.81. The topological polar surface area (TPSA) is 77.8 Å². The van der Waals surface area contributed by atoms with Crippen molar-refractivity contribution in [2.45, 2.75) is 39.7 Å². The van der Waals surface area contributed by atoms with Gasteiger partial charge in [-0.3, -0.25) is 4.79 Å². The molecule has 0 fully saturated rings. The highest BCUT2D eigenvalue weighted by Crippen LogP contribution is 2.46. The van der Waals surface area contributed by atoms with Crippen molar-refractivity contribution in [2.24, 2.45) is 5.41 Å². The average molecular weight is 468 g/mol. The number of hydrogen-bond acceptors (Lipinski definition) is 5. The molecule has 1 aliphatic rings. The quantitative estimate of drug-likeness (QED) is 0.464. The SMILES string of the molecule is COCCCOc1cc2c(cc1-c1ccsc1)-c1cc(=O)c(C(=O)O)cn1C(C(C)(C)C)C2. The highest BCUT2D eigenvalue weighted by atomic mass is 32.1. The van der Waals surface area contributed by atoms with E-state index in [0.717, 1.165) is 40.1 Å².